The highest BCUT2D eigenvalue weighted by Crippen LogP contribution is 2.34. The van der Waals surface area contributed by atoms with Gasteiger partial charge in [0.25, 0.3) is 5.91 Å². The van der Waals surface area contributed by atoms with Gasteiger partial charge in [0.15, 0.2) is 0 Å². The van der Waals surface area contributed by atoms with Crippen LogP contribution in [0.5, 0.6) is 0 Å². The van der Waals surface area contributed by atoms with E-state index in [2.05, 4.69) is 5.38 Å². The zero-order valence-corrected chi connectivity index (χ0v) is 15.1. The molecule has 0 spiro atoms. The van der Waals surface area contributed by atoms with Crippen molar-refractivity contribution in [1.82, 2.24) is 4.90 Å². The van der Waals surface area contributed by atoms with E-state index in [1.807, 2.05) is 23.6 Å². The highest BCUT2D eigenvalue weighted by molar-refractivity contribution is 7.98. The summed E-state index contributed by atoms with van der Waals surface area (Å²) in [6.45, 7) is 0.140. The van der Waals surface area contributed by atoms with E-state index in [1.54, 1.807) is 35.2 Å². The Kier molecular flexibility index (Phi) is 5.74. The van der Waals surface area contributed by atoms with Crippen LogP contribution in [0.15, 0.2) is 46.0 Å². The summed E-state index contributed by atoms with van der Waals surface area (Å²) in [5.74, 6) is -0.989. The average Bonchev–Trinajstić information content (AvgIpc) is 3.12. The fourth-order valence-corrected chi connectivity index (χ4v) is 4.67. The minimum absolute atomic E-state index is 0.0990. The van der Waals surface area contributed by atoms with Gasteiger partial charge in [0, 0.05) is 23.7 Å². The lowest BCUT2D eigenvalue weighted by molar-refractivity contribution is -0.184. The van der Waals surface area contributed by atoms with E-state index in [-0.39, 0.29) is 18.9 Å². The van der Waals surface area contributed by atoms with Crippen molar-refractivity contribution in [3.05, 3.63) is 52.2 Å². The number of piperidine rings is 1. The van der Waals surface area contributed by atoms with Crippen LogP contribution in [0.4, 0.5) is 13.2 Å². The Hall–Kier alpha value is -1.47. The number of carbonyl (C=O) groups is 1. The van der Waals surface area contributed by atoms with Crippen LogP contribution < -0.4 is 0 Å². The van der Waals surface area contributed by atoms with Gasteiger partial charge in [-0.1, -0.05) is 12.1 Å². The molecule has 2 nitrogen and oxygen atoms in total. The summed E-state index contributed by atoms with van der Waals surface area (Å²) in [5.41, 5.74) is 1.66. The molecule has 1 atom stereocenters. The van der Waals surface area contributed by atoms with Gasteiger partial charge in [0.05, 0.1) is 11.5 Å². The number of amides is 1. The van der Waals surface area contributed by atoms with E-state index in [4.69, 9.17) is 0 Å². The van der Waals surface area contributed by atoms with Gasteiger partial charge in [-0.25, -0.2) is 0 Å². The largest absolute Gasteiger partial charge is 0.393 e. The van der Waals surface area contributed by atoms with Crippen LogP contribution in [0.25, 0.3) is 0 Å². The summed E-state index contributed by atoms with van der Waals surface area (Å²) in [6, 6.07) is 9.19. The molecule has 0 unspecified atom stereocenters. The van der Waals surface area contributed by atoms with Crippen molar-refractivity contribution >= 4 is 29.0 Å². The molecule has 1 saturated heterocycles. The molecule has 2 aromatic rings. The van der Waals surface area contributed by atoms with Gasteiger partial charge in [-0.15, -0.1) is 11.8 Å². The van der Waals surface area contributed by atoms with E-state index >= 15 is 0 Å². The van der Waals surface area contributed by atoms with Crippen molar-refractivity contribution in [2.45, 2.75) is 29.7 Å². The quantitative estimate of drug-likeness (QED) is 0.652. The SMILES string of the molecule is O=C(c1ccccc1SCc1ccsc1)N1CCC[C@H](C(F)(F)F)C1. The number of likely N-dealkylation sites (tertiary alicyclic amines) is 1. The highest BCUT2D eigenvalue weighted by atomic mass is 32.2. The maximum atomic E-state index is 13.0. The van der Waals surface area contributed by atoms with Gasteiger partial charge < -0.3 is 4.90 Å². The van der Waals surface area contributed by atoms with Crippen LogP contribution in [0, 0.1) is 5.92 Å². The summed E-state index contributed by atoms with van der Waals surface area (Å²) in [7, 11) is 0. The molecule has 1 aliphatic heterocycles. The van der Waals surface area contributed by atoms with Gasteiger partial charge in [-0.2, -0.15) is 24.5 Å². The summed E-state index contributed by atoms with van der Waals surface area (Å²) in [5, 5.41) is 4.05. The average molecular weight is 385 g/mol. The molecule has 1 amide bonds. The molecular formula is C18H18F3NOS2. The second-order valence-electron chi connectivity index (χ2n) is 6.05. The lowest BCUT2D eigenvalue weighted by atomic mass is 9.97. The lowest BCUT2D eigenvalue weighted by Crippen LogP contribution is -2.44. The monoisotopic (exact) mass is 385 g/mol. The van der Waals surface area contributed by atoms with Crippen molar-refractivity contribution < 1.29 is 18.0 Å². The molecule has 1 fully saturated rings. The minimum atomic E-state index is -4.24. The number of thioether (sulfide) groups is 1. The predicted octanol–water partition coefficient (Wildman–Crippen LogP) is 5.45. The van der Waals surface area contributed by atoms with Crippen molar-refractivity contribution in [3.8, 4) is 0 Å². The first-order valence-electron chi connectivity index (χ1n) is 8.04. The number of hydrogen-bond donors (Lipinski definition) is 0. The first-order chi connectivity index (χ1) is 11.9. The molecule has 0 saturated carbocycles. The topological polar surface area (TPSA) is 20.3 Å². The number of benzene rings is 1. The Morgan fingerprint density at radius 3 is 2.80 bits per heavy atom. The van der Waals surface area contributed by atoms with Gasteiger partial charge >= 0.3 is 6.18 Å². The predicted molar refractivity (Wildman–Crippen MR) is 95.0 cm³/mol. The molecule has 0 bridgehead atoms. The van der Waals surface area contributed by atoms with E-state index in [0.717, 1.165) is 10.6 Å². The molecule has 1 aliphatic rings. The Morgan fingerprint density at radius 1 is 1.28 bits per heavy atom. The standard InChI is InChI=1S/C18H18F3NOS2/c19-18(20,21)14-4-3-8-22(10-14)17(23)15-5-1-2-6-16(15)25-12-13-7-9-24-11-13/h1-2,5-7,9,11,14H,3-4,8,10,12H2/t14-/m0/s1. The molecule has 1 aromatic heterocycles. The van der Waals surface area contributed by atoms with Crippen LogP contribution in [-0.4, -0.2) is 30.1 Å². The number of carbonyl (C=O) groups excluding carboxylic acids is 1. The smallest absolute Gasteiger partial charge is 0.338 e. The second kappa shape index (κ2) is 7.83. The lowest BCUT2D eigenvalue weighted by Gasteiger charge is -2.34. The molecule has 2 heterocycles. The number of halogens is 3. The van der Waals surface area contributed by atoms with Crippen molar-refractivity contribution in [2.75, 3.05) is 13.1 Å². The van der Waals surface area contributed by atoms with Crippen LogP contribution in [0.1, 0.15) is 28.8 Å². The first kappa shape index (κ1) is 18.3. The molecule has 134 valence electrons. The Morgan fingerprint density at radius 2 is 2.08 bits per heavy atom. The van der Waals surface area contributed by atoms with Crippen LogP contribution in [-0.2, 0) is 5.75 Å². The molecule has 1 aromatic carbocycles. The number of alkyl halides is 3. The van der Waals surface area contributed by atoms with Crippen molar-refractivity contribution in [1.29, 1.82) is 0 Å². The van der Waals surface area contributed by atoms with Gasteiger partial charge in [0.1, 0.15) is 0 Å². The van der Waals surface area contributed by atoms with E-state index in [9.17, 15) is 18.0 Å². The van der Waals surface area contributed by atoms with Gasteiger partial charge in [-0.05, 0) is 47.4 Å². The van der Waals surface area contributed by atoms with Crippen LogP contribution >= 0.6 is 23.1 Å². The third-order valence-electron chi connectivity index (χ3n) is 4.26. The fraction of sp³-hybridized carbons (Fsp3) is 0.389. The summed E-state index contributed by atoms with van der Waals surface area (Å²) < 4.78 is 39.0. The van der Waals surface area contributed by atoms with Crippen LogP contribution in [0.2, 0.25) is 0 Å². The van der Waals surface area contributed by atoms with Crippen molar-refractivity contribution in [2.24, 2.45) is 5.92 Å². The molecule has 0 aliphatic carbocycles. The van der Waals surface area contributed by atoms with E-state index in [1.165, 1.54) is 10.5 Å². The number of hydrogen-bond acceptors (Lipinski definition) is 3. The zero-order chi connectivity index (χ0) is 17.9. The van der Waals surface area contributed by atoms with Crippen LogP contribution in [0.3, 0.4) is 0 Å². The van der Waals surface area contributed by atoms with Gasteiger partial charge in [-0.3, -0.25) is 4.79 Å². The number of nitrogens with zero attached hydrogens (tertiary/aromatic N) is 1. The third kappa shape index (κ3) is 4.58. The Balaban J connectivity index is 1.73. The number of thiophene rings is 1. The minimum Gasteiger partial charge on any atom is -0.338 e. The maximum Gasteiger partial charge on any atom is 0.393 e. The zero-order valence-electron chi connectivity index (χ0n) is 13.5. The third-order valence-corrected chi connectivity index (χ3v) is 6.14. The Bertz CT molecular complexity index is 715. The summed E-state index contributed by atoms with van der Waals surface area (Å²) in [6.07, 6.45) is -3.76. The van der Waals surface area contributed by atoms with E-state index in [0.29, 0.717) is 18.5 Å². The van der Waals surface area contributed by atoms with Crippen molar-refractivity contribution in [3.63, 3.8) is 0 Å². The second-order valence-corrected chi connectivity index (χ2v) is 7.85. The fourth-order valence-electron chi connectivity index (χ4n) is 2.90. The number of rotatable bonds is 4. The Labute approximate surface area is 153 Å². The van der Waals surface area contributed by atoms with E-state index < -0.39 is 12.1 Å². The first-order valence-corrected chi connectivity index (χ1v) is 9.97. The molecule has 0 N–H and O–H groups in total. The molecule has 0 radical (unpaired) electrons. The van der Waals surface area contributed by atoms with Gasteiger partial charge in [0.2, 0.25) is 0 Å². The molecule has 25 heavy (non-hydrogen) atoms. The summed E-state index contributed by atoms with van der Waals surface area (Å²) >= 11 is 3.16. The molecular weight excluding hydrogens is 367 g/mol. The normalized spacial score (nSPS) is 18.4. The summed E-state index contributed by atoms with van der Waals surface area (Å²) in [4.78, 5) is 15.0. The highest BCUT2D eigenvalue weighted by Gasteiger charge is 2.42. The molecule has 7 heteroatoms. The maximum absolute atomic E-state index is 13.0. The molecule has 3 rings (SSSR count).